The Labute approximate surface area is 459 Å². The fourth-order valence-corrected chi connectivity index (χ4v) is 15.3. The van der Waals surface area contributed by atoms with Crippen molar-refractivity contribution in [1.82, 2.24) is 13.7 Å². The zero-order chi connectivity index (χ0) is 51.9. The zero-order valence-corrected chi connectivity index (χ0v) is 43.4. The number of nitriles is 1. The van der Waals surface area contributed by atoms with Crippen molar-refractivity contribution >= 4 is 77.2 Å². The maximum absolute atomic E-state index is 9.99. The van der Waals surface area contributed by atoms with Gasteiger partial charge in [0.25, 0.3) is 0 Å². The fraction of sp³-hybridized carbons (Fsp3) is 0.0135. The highest BCUT2D eigenvalue weighted by Gasteiger charge is 2.50. The highest BCUT2D eigenvalue weighted by atomic mass is 32.2. The van der Waals surface area contributed by atoms with Gasteiger partial charge in [0, 0.05) is 59.2 Å². The minimum absolute atomic E-state index is 0.599. The number of hydrogen-bond donors (Lipinski definition) is 0. The van der Waals surface area contributed by atoms with E-state index >= 15 is 0 Å². The van der Waals surface area contributed by atoms with E-state index in [1.54, 1.807) is 0 Å². The lowest BCUT2D eigenvalue weighted by Crippen LogP contribution is -2.32. The molecular formula is C74H44N4S. The Balaban J connectivity index is 0.846. The van der Waals surface area contributed by atoms with Crippen molar-refractivity contribution in [2.45, 2.75) is 15.2 Å². The van der Waals surface area contributed by atoms with Crippen molar-refractivity contribution in [3.05, 3.63) is 295 Å². The normalized spacial score (nSPS) is 13.1. The van der Waals surface area contributed by atoms with Crippen LogP contribution in [0.25, 0.3) is 116 Å². The van der Waals surface area contributed by atoms with Crippen LogP contribution in [-0.4, -0.2) is 13.7 Å². The summed E-state index contributed by atoms with van der Waals surface area (Å²) in [6.07, 6.45) is 0. The van der Waals surface area contributed by atoms with Gasteiger partial charge >= 0.3 is 0 Å². The van der Waals surface area contributed by atoms with Crippen LogP contribution in [0.4, 0.5) is 0 Å². The monoisotopic (exact) mass is 1020 g/mol. The molecule has 0 amide bonds. The molecule has 0 atom stereocenters. The van der Waals surface area contributed by atoms with Crippen LogP contribution in [0.15, 0.2) is 277 Å². The maximum atomic E-state index is 9.99. The molecule has 1 aliphatic heterocycles. The Hall–Kier alpha value is -10.1. The molecule has 2 aliphatic rings. The van der Waals surface area contributed by atoms with Gasteiger partial charge in [-0.25, -0.2) is 0 Å². The quantitative estimate of drug-likeness (QED) is 0.172. The summed E-state index contributed by atoms with van der Waals surface area (Å²) in [6.45, 7) is 0. The van der Waals surface area contributed by atoms with Crippen LogP contribution in [0, 0.1) is 11.3 Å². The molecule has 15 aromatic rings. The average molecular weight is 1020 g/mol. The summed E-state index contributed by atoms with van der Waals surface area (Å²) >= 11 is 1.85. The van der Waals surface area contributed by atoms with Crippen molar-refractivity contribution in [1.29, 1.82) is 5.26 Å². The van der Waals surface area contributed by atoms with E-state index in [1.807, 2.05) is 30.0 Å². The molecule has 0 saturated heterocycles. The third-order valence-electron chi connectivity index (χ3n) is 17.1. The van der Waals surface area contributed by atoms with Gasteiger partial charge in [-0.15, -0.1) is 0 Å². The third kappa shape index (κ3) is 6.09. The van der Waals surface area contributed by atoms with E-state index in [4.69, 9.17) is 0 Å². The lowest BCUT2D eigenvalue weighted by atomic mass is 9.67. The smallest absolute Gasteiger partial charge is 0.0991 e. The van der Waals surface area contributed by atoms with E-state index in [-0.39, 0.29) is 0 Å². The summed E-state index contributed by atoms with van der Waals surface area (Å²) in [5.41, 5.74) is 22.7. The molecule has 1 aliphatic carbocycles. The predicted octanol–water partition coefficient (Wildman–Crippen LogP) is 19.0. The largest absolute Gasteiger partial charge is 0.309 e. The lowest BCUT2D eigenvalue weighted by molar-refractivity contribution is 0.722. The summed E-state index contributed by atoms with van der Waals surface area (Å²) in [6, 6.07) is 101. The summed E-state index contributed by atoms with van der Waals surface area (Å²) in [5.74, 6) is 0. The maximum Gasteiger partial charge on any atom is 0.0991 e. The number of para-hydroxylation sites is 4. The molecule has 0 saturated carbocycles. The molecule has 0 N–H and O–H groups in total. The topological polar surface area (TPSA) is 38.6 Å². The second-order valence-electron chi connectivity index (χ2n) is 21.0. The van der Waals surface area contributed by atoms with E-state index in [2.05, 4.69) is 268 Å². The predicted molar refractivity (Wildman–Crippen MR) is 326 cm³/mol. The first kappa shape index (κ1) is 44.1. The van der Waals surface area contributed by atoms with Crippen molar-refractivity contribution in [2.24, 2.45) is 0 Å². The van der Waals surface area contributed by atoms with Gasteiger partial charge in [0.1, 0.15) is 0 Å². The lowest BCUT2D eigenvalue weighted by Gasteiger charge is -2.40. The Kier molecular flexibility index (Phi) is 9.31. The van der Waals surface area contributed by atoms with Gasteiger partial charge in [-0.3, -0.25) is 0 Å². The molecule has 4 nitrogen and oxygen atoms in total. The van der Waals surface area contributed by atoms with Crippen LogP contribution >= 0.6 is 11.8 Å². The van der Waals surface area contributed by atoms with Crippen LogP contribution in [-0.2, 0) is 5.41 Å². The van der Waals surface area contributed by atoms with E-state index in [0.29, 0.717) is 5.56 Å². The second kappa shape index (κ2) is 16.7. The van der Waals surface area contributed by atoms with Gasteiger partial charge in [0.2, 0.25) is 0 Å². The first-order valence-corrected chi connectivity index (χ1v) is 27.8. The van der Waals surface area contributed by atoms with Gasteiger partial charge in [0.15, 0.2) is 0 Å². The van der Waals surface area contributed by atoms with Gasteiger partial charge in [-0.1, -0.05) is 188 Å². The van der Waals surface area contributed by atoms with Crippen LogP contribution in [0.3, 0.4) is 0 Å². The SMILES string of the molecule is N#Cc1cccc(-c2cccc3c2Sc2ccc(-n4c5ccccc5c5cc(-c6cccc7c6c6ccccc6n7-c6cccc(-n7c8ccccc8c8ccccc87)c6)ccc54)cc2C32c3ccccc3-c3ccccc32)c1. The van der Waals surface area contributed by atoms with Crippen LogP contribution in [0.1, 0.15) is 27.8 Å². The highest BCUT2D eigenvalue weighted by Crippen LogP contribution is 2.63. The molecule has 0 bridgehead atoms. The molecule has 17 rings (SSSR count). The number of rotatable bonds is 5. The molecule has 1 spiro atoms. The van der Waals surface area contributed by atoms with E-state index in [9.17, 15) is 5.26 Å². The highest BCUT2D eigenvalue weighted by molar-refractivity contribution is 7.99. The fourth-order valence-electron chi connectivity index (χ4n) is 14.0. The number of nitrogens with zero attached hydrogens (tertiary/aromatic N) is 4. The minimum Gasteiger partial charge on any atom is -0.309 e. The van der Waals surface area contributed by atoms with E-state index in [0.717, 1.165) is 39.2 Å². The second-order valence-corrected chi connectivity index (χ2v) is 22.1. The number of hydrogen-bond acceptors (Lipinski definition) is 2. The molecule has 4 heterocycles. The molecule has 0 fully saturated rings. The Bertz CT molecular complexity index is 5060. The molecule has 3 aromatic heterocycles. The van der Waals surface area contributed by atoms with Crippen molar-refractivity contribution < 1.29 is 0 Å². The van der Waals surface area contributed by atoms with Crippen molar-refractivity contribution in [2.75, 3.05) is 0 Å². The molecule has 5 heteroatoms. The van der Waals surface area contributed by atoms with Crippen molar-refractivity contribution in [3.63, 3.8) is 0 Å². The minimum atomic E-state index is -0.599. The number of fused-ring (bicyclic) bond motifs is 18. The first-order chi connectivity index (χ1) is 39.2. The standard InChI is InChI=1S/C74H44N4S/c75-45-46-17-13-18-47(41-46)53-28-15-31-63-73(53)79-71-40-38-51(44-64(71)74(63)61-29-7-1-21-54(61)55-22-2-8-30-62(55)74)77-67-34-11-5-25-58(67)60-42-48(37-39-69(60)77)52-27-16-36-70-72(52)59-26-6-12-35-68(59)78(70)50-20-14-19-49(43-50)76-65-32-9-3-23-56(65)57-24-4-10-33-66(57)76/h1-44H. The van der Waals surface area contributed by atoms with Gasteiger partial charge in [0.05, 0.1) is 50.1 Å². The zero-order valence-electron chi connectivity index (χ0n) is 42.6. The van der Waals surface area contributed by atoms with E-state index in [1.165, 1.54) is 109 Å². The van der Waals surface area contributed by atoms with E-state index < -0.39 is 5.41 Å². The summed E-state index contributed by atoms with van der Waals surface area (Å²) < 4.78 is 7.33. The van der Waals surface area contributed by atoms with Crippen molar-refractivity contribution in [3.8, 4) is 56.5 Å². The molecule has 79 heavy (non-hydrogen) atoms. The van der Waals surface area contributed by atoms with Crippen LogP contribution < -0.4 is 0 Å². The van der Waals surface area contributed by atoms with Crippen LogP contribution in [0.2, 0.25) is 0 Å². The molecular weight excluding hydrogens is 977 g/mol. The summed E-state index contributed by atoms with van der Waals surface area (Å²) in [5, 5.41) is 17.4. The molecule has 366 valence electrons. The Morgan fingerprint density at radius 1 is 0.316 bits per heavy atom. The Morgan fingerprint density at radius 3 is 1.48 bits per heavy atom. The Morgan fingerprint density at radius 2 is 0.797 bits per heavy atom. The molecule has 0 radical (unpaired) electrons. The summed E-state index contributed by atoms with van der Waals surface area (Å²) in [7, 11) is 0. The van der Waals surface area contributed by atoms with Gasteiger partial charge in [-0.2, -0.15) is 5.26 Å². The number of benzene rings is 12. The van der Waals surface area contributed by atoms with Gasteiger partial charge < -0.3 is 13.7 Å². The third-order valence-corrected chi connectivity index (χ3v) is 18.3. The molecule has 12 aromatic carbocycles. The molecule has 0 unspecified atom stereocenters. The van der Waals surface area contributed by atoms with Gasteiger partial charge in [-0.05, 0) is 147 Å². The summed E-state index contributed by atoms with van der Waals surface area (Å²) in [4.78, 5) is 2.44. The first-order valence-electron chi connectivity index (χ1n) is 27.0. The average Bonchev–Trinajstić information content (AvgIpc) is 3.66. The van der Waals surface area contributed by atoms with Crippen LogP contribution in [0.5, 0.6) is 0 Å². The number of aromatic nitrogens is 3.